The third-order valence-corrected chi connectivity index (χ3v) is 6.36. The van der Waals surface area contributed by atoms with Gasteiger partial charge in [0.2, 0.25) is 9.84 Å². The number of rotatable bonds is 5. The summed E-state index contributed by atoms with van der Waals surface area (Å²) >= 11 is 0. The fourth-order valence-electron chi connectivity index (χ4n) is 3.06. The maximum Gasteiger partial charge on any atom is 0.218 e. The largest absolute Gasteiger partial charge is 0.373 e. The molecule has 1 heterocycles. The van der Waals surface area contributed by atoms with Crippen molar-refractivity contribution < 1.29 is 8.42 Å². The molecule has 0 amide bonds. The third-order valence-electron chi connectivity index (χ3n) is 4.69. The number of nitrogens with zero attached hydrogens (tertiary/aromatic N) is 3. The molecule has 6 heteroatoms. The zero-order valence-corrected chi connectivity index (χ0v) is 16.2. The Morgan fingerprint density at radius 2 is 1.67 bits per heavy atom. The van der Waals surface area contributed by atoms with E-state index in [-0.39, 0.29) is 9.80 Å². The first-order chi connectivity index (χ1) is 13.0. The zero-order valence-electron chi connectivity index (χ0n) is 15.4. The van der Waals surface area contributed by atoms with E-state index in [0.29, 0.717) is 13.1 Å². The lowest BCUT2D eigenvalue weighted by Gasteiger charge is -2.34. The highest BCUT2D eigenvalue weighted by molar-refractivity contribution is 7.95. The number of hydrogen-bond donors (Lipinski definition) is 0. The highest BCUT2D eigenvalue weighted by Crippen LogP contribution is 2.20. The van der Waals surface area contributed by atoms with Gasteiger partial charge < -0.3 is 4.90 Å². The van der Waals surface area contributed by atoms with Crippen LogP contribution in [-0.4, -0.2) is 44.4 Å². The molecule has 0 radical (unpaired) electrons. The van der Waals surface area contributed by atoms with Gasteiger partial charge in [0, 0.05) is 38.9 Å². The van der Waals surface area contributed by atoms with Gasteiger partial charge in [0.05, 0.1) is 4.90 Å². The molecule has 0 saturated carbocycles. The van der Waals surface area contributed by atoms with E-state index in [0.717, 1.165) is 25.2 Å². The molecule has 27 heavy (non-hydrogen) atoms. The van der Waals surface area contributed by atoms with Gasteiger partial charge in [0.1, 0.15) is 6.07 Å². The summed E-state index contributed by atoms with van der Waals surface area (Å²) < 4.78 is 25.5. The van der Waals surface area contributed by atoms with E-state index in [1.54, 1.807) is 24.3 Å². The van der Waals surface area contributed by atoms with Crippen LogP contribution in [0.2, 0.25) is 0 Å². The molecule has 1 aliphatic rings. The standard InChI is InChI=1S/C21H23N3O2S/c1-18-7-9-20(10-8-18)27(25,26)21(15-22)17-24-13-11-23(12-14-24)16-19-5-3-2-4-6-19/h2-10,17H,11-14,16H2,1H3/b21-17+. The third kappa shape index (κ3) is 4.76. The van der Waals surface area contributed by atoms with E-state index in [4.69, 9.17) is 0 Å². The molecule has 0 bridgehead atoms. The van der Waals surface area contributed by atoms with E-state index >= 15 is 0 Å². The smallest absolute Gasteiger partial charge is 0.218 e. The van der Waals surface area contributed by atoms with Gasteiger partial charge in [-0.15, -0.1) is 0 Å². The van der Waals surface area contributed by atoms with Crippen molar-refractivity contribution in [3.05, 3.63) is 76.8 Å². The highest BCUT2D eigenvalue weighted by atomic mass is 32.2. The molecule has 0 unspecified atom stereocenters. The minimum Gasteiger partial charge on any atom is -0.373 e. The van der Waals surface area contributed by atoms with E-state index in [1.165, 1.54) is 11.8 Å². The van der Waals surface area contributed by atoms with Crippen LogP contribution in [0.4, 0.5) is 0 Å². The van der Waals surface area contributed by atoms with Crippen molar-refractivity contribution in [3.8, 4) is 6.07 Å². The molecule has 0 spiro atoms. The Morgan fingerprint density at radius 1 is 1.04 bits per heavy atom. The van der Waals surface area contributed by atoms with Crippen molar-refractivity contribution >= 4 is 9.84 Å². The molecule has 1 aliphatic heterocycles. The normalized spacial score (nSPS) is 16.1. The Hall–Kier alpha value is -2.62. The lowest BCUT2D eigenvalue weighted by molar-refractivity contribution is 0.162. The molecule has 140 valence electrons. The first-order valence-electron chi connectivity index (χ1n) is 8.93. The number of hydrogen-bond acceptors (Lipinski definition) is 5. The van der Waals surface area contributed by atoms with Crippen molar-refractivity contribution in [1.29, 1.82) is 5.26 Å². The second-order valence-electron chi connectivity index (χ2n) is 6.72. The number of nitriles is 1. The quantitative estimate of drug-likeness (QED) is 0.745. The van der Waals surface area contributed by atoms with Crippen LogP contribution in [0.1, 0.15) is 11.1 Å². The Labute approximate surface area is 161 Å². The molecule has 1 fully saturated rings. The Kier molecular flexibility index (Phi) is 5.94. The Balaban J connectivity index is 1.67. The molecule has 2 aromatic rings. The summed E-state index contributed by atoms with van der Waals surface area (Å²) in [6, 6.07) is 18.7. The lowest BCUT2D eigenvalue weighted by atomic mass is 10.2. The predicted octanol–water partition coefficient (Wildman–Crippen LogP) is 2.95. The molecule has 0 N–H and O–H groups in total. The SMILES string of the molecule is Cc1ccc(S(=O)(=O)/C(C#N)=C/N2CCN(Cc3ccccc3)CC2)cc1. The summed E-state index contributed by atoms with van der Waals surface area (Å²) in [7, 11) is -3.78. The van der Waals surface area contributed by atoms with Crippen molar-refractivity contribution in [3.63, 3.8) is 0 Å². The number of allylic oxidation sites excluding steroid dienone is 1. The van der Waals surface area contributed by atoms with Crippen molar-refractivity contribution in [2.24, 2.45) is 0 Å². The minimum atomic E-state index is -3.78. The van der Waals surface area contributed by atoms with E-state index in [2.05, 4.69) is 17.0 Å². The first kappa shape index (κ1) is 19.2. The monoisotopic (exact) mass is 381 g/mol. The molecular formula is C21H23N3O2S. The highest BCUT2D eigenvalue weighted by Gasteiger charge is 2.23. The molecule has 0 aromatic heterocycles. The van der Waals surface area contributed by atoms with Crippen molar-refractivity contribution in [2.45, 2.75) is 18.4 Å². The molecule has 0 atom stereocenters. The van der Waals surface area contributed by atoms with Gasteiger partial charge in [0.15, 0.2) is 4.91 Å². The number of piperazine rings is 1. The minimum absolute atomic E-state index is 0.156. The fourth-order valence-corrected chi connectivity index (χ4v) is 4.22. The summed E-state index contributed by atoms with van der Waals surface area (Å²) in [5, 5.41) is 9.42. The summed E-state index contributed by atoms with van der Waals surface area (Å²) in [5.41, 5.74) is 2.24. The van der Waals surface area contributed by atoms with Crippen LogP contribution in [0, 0.1) is 18.3 Å². The van der Waals surface area contributed by atoms with Gasteiger partial charge >= 0.3 is 0 Å². The molecule has 0 aliphatic carbocycles. The molecule has 3 rings (SSSR count). The average Bonchev–Trinajstić information content (AvgIpc) is 2.68. The second-order valence-corrected chi connectivity index (χ2v) is 8.64. The van der Waals surface area contributed by atoms with Gasteiger partial charge in [-0.2, -0.15) is 5.26 Å². The number of sulfone groups is 1. The summed E-state index contributed by atoms with van der Waals surface area (Å²) in [6.07, 6.45) is 1.50. The average molecular weight is 382 g/mol. The van der Waals surface area contributed by atoms with Gasteiger partial charge in [-0.05, 0) is 24.6 Å². The fraction of sp³-hybridized carbons (Fsp3) is 0.286. The van der Waals surface area contributed by atoms with Crippen LogP contribution in [0.15, 0.2) is 70.6 Å². The maximum atomic E-state index is 12.7. The molecule has 2 aromatic carbocycles. The van der Waals surface area contributed by atoms with Crippen molar-refractivity contribution in [2.75, 3.05) is 26.2 Å². The van der Waals surface area contributed by atoms with Gasteiger partial charge in [0.25, 0.3) is 0 Å². The van der Waals surface area contributed by atoms with Crippen LogP contribution in [0.3, 0.4) is 0 Å². The number of benzene rings is 2. The van der Waals surface area contributed by atoms with E-state index < -0.39 is 9.84 Å². The summed E-state index contributed by atoms with van der Waals surface area (Å²) in [6.45, 7) is 5.82. The van der Waals surface area contributed by atoms with E-state index in [9.17, 15) is 13.7 Å². The van der Waals surface area contributed by atoms with Crippen LogP contribution < -0.4 is 0 Å². The molecule has 5 nitrogen and oxygen atoms in total. The second kappa shape index (κ2) is 8.38. The van der Waals surface area contributed by atoms with Gasteiger partial charge in [-0.25, -0.2) is 8.42 Å². The first-order valence-corrected chi connectivity index (χ1v) is 10.4. The van der Waals surface area contributed by atoms with Crippen LogP contribution in [-0.2, 0) is 16.4 Å². The Bertz CT molecular complexity index is 937. The zero-order chi connectivity index (χ0) is 19.3. The molecule has 1 saturated heterocycles. The van der Waals surface area contributed by atoms with Crippen molar-refractivity contribution in [1.82, 2.24) is 9.80 Å². The van der Waals surface area contributed by atoms with Gasteiger partial charge in [-0.3, -0.25) is 4.90 Å². The predicted molar refractivity (Wildman–Crippen MR) is 105 cm³/mol. The van der Waals surface area contributed by atoms with E-state index in [1.807, 2.05) is 36.1 Å². The number of aryl methyl sites for hydroxylation is 1. The topological polar surface area (TPSA) is 64.4 Å². The lowest BCUT2D eigenvalue weighted by Crippen LogP contribution is -2.43. The van der Waals surface area contributed by atoms with Crippen LogP contribution >= 0.6 is 0 Å². The maximum absolute atomic E-state index is 12.7. The van der Waals surface area contributed by atoms with Crippen LogP contribution in [0.5, 0.6) is 0 Å². The Morgan fingerprint density at radius 3 is 2.26 bits per heavy atom. The van der Waals surface area contributed by atoms with Gasteiger partial charge in [-0.1, -0.05) is 48.0 Å². The summed E-state index contributed by atoms with van der Waals surface area (Å²) in [5.74, 6) is 0. The molecular weight excluding hydrogens is 358 g/mol. The van der Waals surface area contributed by atoms with Crippen LogP contribution in [0.25, 0.3) is 0 Å². The summed E-state index contributed by atoms with van der Waals surface area (Å²) in [4.78, 5) is 4.21.